The van der Waals surface area contributed by atoms with Crippen molar-refractivity contribution in [3.8, 4) is 0 Å². The van der Waals surface area contributed by atoms with Crippen LogP contribution in [-0.2, 0) is 9.59 Å². The molecule has 2 saturated heterocycles. The lowest BCUT2D eigenvalue weighted by Gasteiger charge is -2.40. The molecule has 1 unspecified atom stereocenters. The fourth-order valence-electron chi connectivity index (χ4n) is 4.04. The number of piperidine rings is 1. The van der Waals surface area contributed by atoms with E-state index in [1.54, 1.807) is 6.92 Å². The van der Waals surface area contributed by atoms with Gasteiger partial charge in [-0.3, -0.25) is 14.3 Å². The summed E-state index contributed by atoms with van der Waals surface area (Å²) in [5.41, 5.74) is 1.11. The van der Waals surface area contributed by atoms with Crippen LogP contribution in [0.4, 0.5) is 5.82 Å². The lowest BCUT2D eigenvalue weighted by Crippen LogP contribution is -2.53. The van der Waals surface area contributed by atoms with Crippen LogP contribution in [0.1, 0.15) is 38.4 Å². The van der Waals surface area contributed by atoms with E-state index in [0.717, 1.165) is 61.5 Å². The normalized spacial score (nSPS) is 21.5. The van der Waals surface area contributed by atoms with Gasteiger partial charge in [-0.1, -0.05) is 6.58 Å². The third-order valence-corrected chi connectivity index (χ3v) is 6.63. The minimum Gasteiger partial charge on any atom is -0.348 e. The predicted octanol–water partition coefficient (Wildman–Crippen LogP) is 2.36. The number of hydrogen-bond acceptors (Lipinski definition) is 4. The average Bonchev–Trinajstić information content (AvgIpc) is 2.96. The van der Waals surface area contributed by atoms with Crippen LogP contribution < -0.4 is 4.90 Å². The molecule has 2 amide bonds. The molecule has 1 aromatic heterocycles. The van der Waals surface area contributed by atoms with Crippen molar-refractivity contribution in [2.24, 2.45) is 0 Å². The van der Waals surface area contributed by atoms with Gasteiger partial charge in [0.05, 0.1) is 16.2 Å². The van der Waals surface area contributed by atoms with Crippen LogP contribution in [0.2, 0.25) is 0 Å². The number of carbonyl (C=O) groups excluding carboxylic acids is 2. The molecule has 2 fully saturated rings. The molecule has 0 N–H and O–H groups in total. The number of halogens is 1. The molecule has 0 spiro atoms. The van der Waals surface area contributed by atoms with E-state index in [0.29, 0.717) is 0 Å². The zero-order chi connectivity index (χ0) is 19.7. The number of likely N-dealkylation sites (tertiary alicyclic amines) is 1. The molecule has 148 valence electrons. The van der Waals surface area contributed by atoms with Crippen LogP contribution in [0, 0.1) is 6.92 Å². The van der Waals surface area contributed by atoms with Crippen LogP contribution in [-0.4, -0.2) is 70.2 Å². The van der Waals surface area contributed by atoms with E-state index in [4.69, 9.17) is 5.10 Å². The molecular weight excluding hydrogens is 410 g/mol. The summed E-state index contributed by atoms with van der Waals surface area (Å²) in [7, 11) is 0. The van der Waals surface area contributed by atoms with E-state index in [1.165, 1.54) is 6.08 Å². The number of anilines is 1. The number of nitrogens with zero attached hydrogens (tertiary/aromatic N) is 5. The molecule has 1 atom stereocenters. The number of piperazine rings is 1. The van der Waals surface area contributed by atoms with Crippen molar-refractivity contribution in [3.05, 3.63) is 22.8 Å². The zero-order valence-electron chi connectivity index (χ0n) is 16.3. The molecule has 2 aliphatic heterocycles. The van der Waals surface area contributed by atoms with Gasteiger partial charge in [-0.15, -0.1) is 0 Å². The van der Waals surface area contributed by atoms with Gasteiger partial charge in [-0.25, -0.2) is 0 Å². The van der Waals surface area contributed by atoms with E-state index in [-0.39, 0.29) is 23.9 Å². The number of hydrogen-bond donors (Lipinski definition) is 0. The molecule has 7 nitrogen and oxygen atoms in total. The minimum atomic E-state index is 0.00433. The van der Waals surface area contributed by atoms with E-state index < -0.39 is 0 Å². The highest BCUT2D eigenvalue weighted by molar-refractivity contribution is 9.10. The highest BCUT2D eigenvalue weighted by atomic mass is 79.9. The smallest absolute Gasteiger partial charge is 0.245 e. The van der Waals surface area contributed by atoms with E-state index in [2.05, 4.69) is 45.9 Å². The van der Waals surface area contributed by atoms with Crippen molar-refractivity contribution in [3.63, 3.8) is 0 Å². The summed E-state index contributed by atoms with van der Waals surface area (Å²) in [5.74, 6) is 1.08. The Morgan fingerprint density at radius 3 is 2.41 bits per heavy atom. The Bertz CT molecular complexity index is 739. The van der Waals surface area contributed by atoms with Crippen LogP contribution in [0.25, 0.3) is 0 Å². The fraction of sp³-hybridized carbons (Fsp3) is 0.632. The number of rotatable bonds is 3. The molecule has 3 heterocycles. The molecule has 0 bridgehead atoms. The fourth-order valence-corrected chi connectivity index (χ4v) is 4.53. The van der Waals surface area contributed by atoms with Gasteiger partial charge in [-0.2, -0.15) is 5.10 Å². The molecule has 27 heavy (non-hydrogen) atoms. The van der Waals surface area contributed by atoms with Gasteiger partial charge in [0.25, 0.3) is 0 Å². The number of aromatic nitrogens is 2. The molecule has 0 aromatic carbocycles. The topological polar surface area (TPSA) is 61.7 Å². The van der Waals surface area contributed by atoms with Gasteiger partial charge in [0, 0.05) is 45.7 Å². The summed E-state index contributed by atoms with van der Waals surface area (Å²) in [6.07, 6.45) is 3.17. The van der Waals surface area contributed by atoms with Crippen molar-refractivity contribution in [2.75, 3.05) is 37.6 Å². The maximum absolute atomic E-state index is 11.8. The first-order valence-corrected chi connectivity index (χ1v) is 10.3. The second-order valence-electron chi connectivity index (χ2n) is 7.44. The van der Waals surface area contributed by atoms with Crippen molar-refractivity contribution < 1.29 is 9.59 Å². The van der Waals surface area contributed by atoms with Gasteiger partial charge in [0.2, 0.25) is 11.8 Å². The number of amides is 2. The van der Waals surface area contributed by atoms with E-state index >= 15 is 0 Å². The molecule has 0 aliphatic carbocycles. The Labute approximate surface area is 169 Å². The third kappa shape index (κ3) is 3.90. The first-order valence-electron chi connectivity index (χ1n) is 9.51. The van der Waals surface area contributed by atoms with Gasteiger partial charge >= 0.3 is 0 Å². The predicted molar refractivity (Wildman–Crippen MR) is 109 cm³/mol. The summed E-state index contributed by atoms with van der Waals surface area (Å²) < 4.78 is 3.13. The van der Waals surface area contributed by atoms with Crippen LogP contribution in [0.3, 0.4) is 0 Å². The Morgan fingerprint density at radius 1 is 1.19 bits per heavy atom. The second-order valence-corrected chi connectivity index (χ2v) is 8.23. The van der Waals surface area contributed by atoms with Crippen LogP contribution in [0.15, 0.2) is 17.1 Å². The molecule has 0 saturated carbocycles. The first-order chi connectivity index (χ1) is 12.8. The highest BCUT2D eigenvalue weighted by Gasteiger charge is 2.31. The zero-order valence-corrected chi connectivity index (χ0v) is 17.9. The molecule has 0 radical (unpaired) electrons. The third-order valence-electron chi connectivity index (χ3n) is 5.70. The second kappa shape index (κ2) is 8.04. The summed E-state index contributed by atoms with van der Waals surface area (Å²) >= 11 is 3.74. The Hall–Kier alpha value is -1.83. The maximum Gasteiger partial charge on any atom is 0.245 e. The Morgan fingerprint density at radius 2 is 1.85 bits per heavy atom. The van der Waals surface area contributed by atoms with Gasteiger partial charge in [0.1, 0.15) is 0 Å². The first kappa shape index (κ1) is 19.9. The van der Waals surface area contributed by atoms with Crippen molar-refractivity contribution >= 4 is 33.6 Å². The quantitative estimate of drug-likeness (QED) is 0.680. The Kier molecular flexibility index (Phi) is 5.93. The van der Waals surface area contributed by atoms with Crippen molar-refractivity contribution in [1.29, 1.82) is 0 Å². The largest absolute Gasteiger partial charge is 0.348 e. The molecule has 1 aromatic rings. The monoisotopic (exact) mass is 437 g/mol. The van der Waals surface area contributed by atoms with Crippen molar-refractivity contribution in [1.82, 2.24) is 19.6 Å². The standard InChI is InChI=1S/C19H28BrN5O2/c1-5-17(27)22-8-6-16(7-9-22)25-14(3)18(20)19(21-25)24-11-10-23(15(4)26)12-13(24)2/h5,13,16H,1,6-12H2,2-4H3. The summed E-state index contributed by atoms with van der Waals surface area (Å²) in [6.45, 7) is 13.1. The lowest BCUT2D eigenvalue weighted by molar-refractivity contribution is -0.129. The highest BCUT2D eigenvalue weighted by Crippen LogP contribution is 2.34. The molecule has 3 rings (SSSR count). The van der Waals surface area contributed by atoms with E-state index in [1.807, 2.05) is 9.80 Å². The van der Waals surface area contributed by atoms with Gasteiger partial charge in [-0.05, 0) is 48.7 Å². The lowest BCUT2D eigenvalue weighted by atomic mass is 10.0. The SMILES string of the molecule is C=CC(=O)N1CCC(n2nc(N3CCN(C(C)=O)CC3C)c(Br)c2C)CC1. The van der Waals surface area contributed by atoms with Gasteiger partial charge < -0.3 is 14.7 Å². The maximum atomic E-state index is 11.8. The number of carbonyl (C=O) groups is 2. The van der Waals surface area contributed by atoms with Crippen LogP contribution in [0.5, 0.6) is 0 Å². The van der Waals surface area contributed by atoms with Crippen LogP contribution >= 0.6 is 15.9 Å². The average molecular weight is 438 g/mol. The minimum absolute atomic E-state index is 0.00433. The Balaban J connectivity index is 1.74. The summed E-state index contributed by atoms with van der Waals surface area (Å²) in [4.78, 5) is 29.5. The molecular formula is C19H28BrN5O2. The van der Waals surface area contributed by atoms with E-state index in [9.17, 15) is 9.59 Å². The molecule has 2 aliphatic rings. The van der Waals surface area contributed by atoms with Crippen molar-refractivity contribution in [2.45, 2.75) is 45.7 Å². The summed E-state index contributed by atoms with van der Waals surface area (Å²) in [6, 6.07) is 0.506. The summed E-state index contributed by atoms with van der Waals surface area (Å²) in [5, 5.41) is 4.94. The van der Waals surface area contributed by atoms with Gasteiger partial charge in [0.15, 0.2) is 5.82 Å². The molecule has 8 heteroatoms.